The number of fused-ring (bicyclic) bond motifs is 1. The molecule has 0 aliphatic carbocycles. The van der Waals surface area contributed by atoms with E-state index >= 15 is 0 Å². The van der Waals surface area contributed by atoms with Crippen molar-refractivity contribution in [3.8, 4) is 11.3 Å². The standard InChI is InChI=1S/C26H26N8O/c1-17-22-8-5-19(13-24(22)33(2)32-17)23-14-25(31-26(30-23)34-9-11-35-12-10-34)29-21-6-3-18(4-7-21)20-15-27-28-16-20/h3-8,13-15H,9-12,16H2,1-2H3,(H,29,30,31). The van der Waals surface area contributed by atoms with Crippen LogP contribution in [0.4, 0.5) is 17.5 Å². The fraction of sp³-hybridized carbons (Fsp3) is 0.269. The molecule has 1 fully saturated rings. The molecule has 0 radical (unpaired) electrons. The van der Waals surface area contributed by atoms with Crippen molar-refractivity contribution >= 4 is 33.9 Å². The zero-order chi connectivity index (χ0) is 23.8. The first-order chi connectivity index (χ1) is 17.1. The molecule has 9 heteroatoms. The van der Waals surface area contributed by atoms with Gasteiger partial charge >= 0.3 is 0 Å². The molecular weight excluding hydrogens is 440 g/mol. The summed E-state index contributed by atoms with van der Waals surface area (Å²) in [5, 5.41) is 17.2. The molecule has 2 aromatic heterocycles. The Morgan fingerprint density at radius 2 is 1.74 bits per heavy atom. The maximum atomic E-state index is 5.54. The summed E-state index contributed by atoms with van der Waals surface area (Å²) >= 11 is 0. The van der Waals surface area contributed by atoms with Crippen LogP contribution in [0.1, 0.15) is 11.3 Å². The molecule has 0 spiro atoms. The van der Waals surface area contributed by atoms with Crippen LogP contribution in [0, 0.1) is 6.92 Å². The highest BCUT2D eigenvalue weighted by atomic mass is 16.5. The Morgan fingerprint density at radius 3 is 2.51 bits per heavy atom. The molecule has 1 N–H and O–H groups in total. The highest BCUT2D eigenvalue weighted by Crippen LogP contribution is 2.29. The lowest BCUT2D eigenvalue weighted by molar-refractivity contribution is 0.122. The van der Waals surface area contributed by atoms with E-state index in [4.69, 9.17) is 14.7 Å². The molecular formula is C26H26N8O. The van der Waals surface area contributed by atoms with Crippen molar-refractivity contribution in [2.75, 3.05) is 43.1 Å². The van der Waals surface area contributed by atoms with Crippen LogP contribution in [0.5, 0.6) is 0 Å². The number of ether oxygens (including phenoxy) is 1. The molecule has 176 valence electrons. The SMILES string of the molecule is Cc1nn(C)c2cc(-c3cc(Nc4ccc(C5=CN=NC5)cc4)nc(N4CCOCC4)n3)ccc12. The molecule has 4 heterocycles. The summed E-state index contributed by atoms with van der Waals surface area (Å²) in [4.78, 5) is 12.0. The Labute approximate surface area is 203 Å². The van der Waals surface area contributed by atoms with E-state index in [1.165, 1.54) is 0 Å². The predicted molar refractivity (Wildman–Crippen MR) is 137 cm³/mol. The van der Waals surface area contributed by atoms with Gasteiger partial charge in [-0.2, -0.15) is 20.3 Å². The maximum absolute atomic E-state index is 5.54. The molecule has 4 aromatic rings. The number of hydrogen-bond donors (Lipinski definition) is 1. The smallest absolute Gasteiger partial charge is 0.228 e. The summed E-state index contributed by atoms with van der Waals surface area (Å²) in [5.74, 6) is 1.45. The van der Waals surface area contributed by atoms with Gasteiger partial charge in [-0.25, -0.2) is 4.98 Å². The second-order valence-electron chi connectivity index (χ2n) is 8.75. The zero-order valence-electron chi connectivity index (χ0n) is 19.8. The van der Waals surface area contributed by atoms with Crippen molar-refractivity contribution in [2.24, 2.45) is 17.3 Å². The van der Waals surface area contributed by atoms with Crippen LogP contribution in [-0.2, 0) is 11.8 Å². The lowest BCUT2D eigenvalue weighted by Crippen LogP contribution is -2.37. The Morgan fingerprint density at radius 1 is 0.943 bits per heavy atom. The Hall–Kier alpha value is -4.11. The Kier molecular flexibility index (Phi) is 5.46. The van der Waals surface area contributed by atoms with E-state index in [0.29, 0.717) is 25.7 Å². The minimum absolute atomic E-state index is 0.630. The predicted octanol–water partition coefficient (Wildman–Crippen LogP) is 4.73. The fourth-order valence-corrected chi connectivity index (χ4v) is 4.50. The topological polar surface area (TPSA) is 92.8 Å². The molecule has 0 amide bonds. The lowest BCUT2D eigenvalue weighted by atomic mass is 10.1. The molecule has 9 nitrogen and oxygen atoms in total. The monoisotopic (exact) mass is 466 g/mol. The minimum atomic E-state index is 0.630. The van der Waals surface area contributed by atoms with Crippen molar-refractivity contribution in [1.29, 1.82) is 0 Å². The second-order valence-corrected chi connectivity index (χ2v) is 8.75. The first-order valence-corrected chi connectivity index (χ1v) is 11.7. The van der Waals surface area contributed by atoms with Gasteiger partial charge in [0.1, 0.15) is 5.82 Å². The number of nitrogens with zero attached hydrogens (tertiary/aromatic N) is 7. The highest BCUT2D eigenvalue weighted by Gasteiger charge is 2.17. The second kappa shape index (κ2) is 8.92. The van der Waals surface area contributed by atoms with Gasteiger partial charge in [0.25, 0.3) is 0 Å². The van der Waals surface area contributed by atoms with Gasteiger partial charge in [-0.05, 0) is 30.7 Å². The molecule has 0 unspecified atom stereocenters. The van der Waals surface area contributed by atoms with Crippen LogP contribution in [0.15, 0.2) is 65.0 Å². The van der Waals surface area contributed by atoms with E-state index in [2.05, 4.69) is 68.0 Å². The van der Waals surface area contributed by atoms with Gasteiger partial charge in [0.05, 0.1) is 42.9 Å². The van der Waals surface area contributed by atoms with Crippen molar-refractivity contribution in [3.05, 3.63) is 66.0 Å². The molecule has 35 heavy (non-hydrogen) atoms. The summed E-state index contributed by atoms with van der Waals surface area (Å²) in [5.41, 5.74) is 7.19. The molecule has 0 atom stereocenters. The highest BCUT2D eigenvalue weighted by molar-refractivity contribution is 5.86. The largest absolute Gasteiger partial charge is 0.378 e. The molecule has 2 aliphatic rings. The van der Waals surface area contributed by atoms with Crippen LogP contribution in [0.2, 0.25) is 0 Å². The summed E-state index contributed by atoms with van der Waals surface area (Å²) in [6.07, 6.45) is 1.81. The van der Waals surface area contributed by atoms with Crippen LogP contribution in [-0.4, -0.2) is 52.6 Å². The summed E-state index contributed by atoms with van der Waals surface area (Å²) in [6, 6.07) is 16.6. The average Bonchev–Trinajstić information content (AvgIpc) is 3.53. The number of rotatable bonds is 5. The minimum Gasteiger partial charge on any atom is -0.378 e. The Balaban J connectivity index is 1.36. The number of azo groups is 1. The third kappa shape index (κ3) is 4.26. The zero-order valence-corrected chi connectivity index (χ0v) is 19.8. The number of morpholine rings is 1. The quantitative estimate of drug-likeness (QED) is 0.457. The maximum Gasteiger partial charge on any atom is 0.228 e. The molecule has 6 rings (SSSR count). The normalized spacial score (nSPS) is 15.6. The van der Waals surface area contributed by atoms with Crippen LogP contribution in [0.3, 0.4) is 0 Å². The third-order valence-corrected chi connectivity index (χ3v) is 6.40. The number of hydrogen-bond acceptors (Lipinski definition) is 8. The van der Waals surface area contributed by atoms with Crippen molar-refractivity contribution in [1.82, 2.24) is 19.7 Å². The number of nitrogens with one attached hydrogen (secondary N) is 1. The van der Waals surface area contributed by atoms with Crippen LogP contribution < -0.4 is 10.2 Å². The van der Waals surface area contributed by atoms with E-state index in [1.54, 1.807) is 0 Å². The number of aromatic nitrogens is 4. The number of aryl methyl sites for hydroxylation is 2. The van der Waals surface area contributed by atoms with Crippen molar-refractivity contribution in [3.63, 3.8) is 0 Å². The van der Waals surface area contributed by atoms with E-state index in [-0.39, 0.29) is 0 Å². The summed E-state index contributed by atoms with van der Waals surface area (Å²) in [6.45, 7) is 5.54. The van der Waals surface area contributed by atoms with Gasteiger partial charge in [0, 0.05) is 48.4 Å². The average molecular weight is 467 g/mol. The first kappa shape index (κ1) is 21.4. The lowest BCUT2D eigenvalue weighted by Gasteiger charge is -2.27. The van der Waals surface area contributed by atoms with Crippen molar-refractivity contribution in [2.45, 2.75) is 6.92 Å². The molecule has 2 aliphatic heterocycles. The van der Waals surface area contributed by atoms with Gasteiger partial charge in [-0.3, -0.25) is 4.68 Å². The number of benzene rings is 2. The molecule has 1 saturated heterocycles. The molecule has 0 bridgehead atoms. The van der Waals surface area contributed by atoms with Crippen LogP contribution >= 0.6 is 0 Å². The Bertz CT molecular complexity index is 1450. The van der Waals surface area contributed by atoms with Gasteiger partial charge < -0.3 is 15.0 Å². The van der Waals surface area contributed by atoms with E-state index < -0.39 is 0 Å². The van der Waals surface area contributed by atoms with E-state index in [0.717, 1.165) is 63.6 Å². The molecule has 0 saturated carbocycles. The van der Waals surface area contributed by atoms with Gasteiger partial charge in [0.2, 0.25) is 5.95 Å². The summed E-state index contributed by atoms with van der Waals surface area (Å²) in [7, 11) is 1.97. The summed E-state index contributed by atoms with van der Waals surface area (Å²) < 4.78 is 7.45. The van der Waals surface area contributed by atoms with E-state index in [9.17, 15) is 0 Å². The van der Waals surface area contributed by atoms with Gasteiger partial charge in [-0.15, -0.1) is 0 Å². The third-order valence-electron chi connectivity index (χ3n) is 6.40. The molecule has 2 aromatic carbocycles. The van der Waals surface area contributed by atoms with Gasteiger partial charge in [-0.1, -0.05) is 24.3 Å². The first-order valence-electron chi connectivity index (χ1n) is 11.7. The fourth-order valence-electron chi connectivity index (χ4n) is 4.50. The van der Waals surface area contributed by atoms with Gasteiger partial charge in [0.15, 0.2) is 0 Å². The van der Waals surface area contributed by atoms with E-state index in [1.807, 2.05) is 30.9 Å². The van der Waals surface area contributed by atoms with Crippen molar-refractivity contribution < 1.29 is 4.74 Å². The van der Waals surface area contributed by atoms with Crippen LogP contribution in [0.25, 0.3) is 27.7 Å². The number of anilines is 3.